The van der Waals surface area contributed by atoms with Gasteiger partial charge in [-0.1, -0.05) is 12.1 Å². The van der Waals surface area contributed by atoms with E-state index in [1.807, 2.05) is 43.3 Å². The molecule has 6 nitrogen and oxygen atoms in total. The molecule has 0 amide bonds. The zero-order valence-corrected chi connectivity index (χ0v) is 16.9. The summed E-state index contributed by atoms with van der Waals surface area (Å²) in [6, 6.07) is 14.3. The average Bonchev–Trinajstić information content (AvgIpc) is 3.07. The van der Waals surface area contributed by atoms with Crippen molar-refractivity contribution in [2.24, 2.45) is 0 Å². The lowest BCUT2D eigenvalue weighted by Gasteiger charge is -2.12. The number of pyridine rings is 1. The van der Waals surface area contributed by atoms with Gasteiger partial charge in [0.15, 0.2) is 5.76 Å². The first kappa shape index (κ1) is 19.4. The largest absolute Gasteiger partial charge is 0.452 e. The number of rotatable bonds is 4. The highest BCUT2D eigenvalue weighted by atomic mass is 16.5. The summed E-state index contributed by atoms with van der Waals surface area (Å²) in [4.78, 5) is 31.0. The minimum Gasteiger partial charge on any atom is -0.452 e. The van der Waals surface area contributed by atoms with Gasteiger partial charge in [0.2, 0.25) is 5.78 Å². The maximum absolute atomic E-state index is 12.8. The van der Waals surface area contributed by atoms with Gasteiger partial charge in [-0.15, -0.1) is 0 Å². The molecule has 0 N–H and O–H groups in total. The number of Topliss-reactive ketones (excluding diaryl/α,β-unsaturated/α-hetero) is 1. The van der Waals surface area contributed by atoms with Crippen molar-refractivity contribution in [2.75, 3.05) is 19.0 Å². The number of hydrogen-bond donors (Lipinski definition) is 0. The third-order valence-corrected chi connectivity index (χ3v) is 4.84. The topological polar surface area (TPSA) is 68.7 Å². The second kappa shape index (κ2) is 7.83. The molecule has 0 unspecified atom stereocenters. The second-order valence-electron chi connectivity index (χ2n) is 7.12. The number of hydrogen-bond acceptors (Lipinski definition) is 6. The molecule has 0 spiro atoms. The molecule has 0 bridgehead atoms. The first-order valence-electron chi connectivity index (χ1n) is 9.41. The van der Waals surface area contributed by atoms with Crippen LogP contribution in [0.1, 0.15) is 31.8 Å². The van der Waals surface area contributed by atoms with Crippen molar-refractivity contribution in [3.63, 3.8) is 0 Å². The summed E-state index contributed by atoms with van der Waals surface area (Å²) in [6.07, 6.45) is 4.73. The molecule has 30 heavy (non-hydrogen) atoms. The minimum atomic E-state index is -0.521. The number of carbonyl (C=O) groups excluding carboxylic acids is 2. The summed E-state index contributed by atoms with van der Waals surface area (Å²) in [5.74, 6) is 0.267. The van der Waals surface area contributed by atoms with Crippen molar-refractivity contribution in [3.05, 3.63) is 88.9 Å². The highest BCUT2D eigenvalue weighted by Crippen LogP contribution is 2.39. The molecule has 0 radical (unpaired) electrons. The van der Waals surface area contributed by atoms with Crippen molar-refractivity contribution in [1.82, 2.24) is 4.98 Å². The Morgan fingerprint density at radius 1 is 1.10 bits per heavy atom. The van der Waals surface area contributed by atoms with Crippen LogP contribution in [0.15, 0.2) is 66.7 Å². The number of aromatic nitrogens is 1. The summed E-state index contributed by atoms with van der Waals surface area (Å²) in [5.41, 5.74) is 3.30. The van der Waals surface area contributed by atoms with Crippen LogP contribution in [-0.2, 0) is 0 Å². The summed E-state index contributed by atoms with van der Waals surface area (Å²) >= 11 is 0. The van der Waals surface area contributed by atoms with Gasteiger partial charge in [-0.25, -0.2) is 4.79 Å². The Balaban J connectivity index is 1.58. The van der Waals surface area contributed by atoms with Gasteiger partial charge in [-0.3, -0.25) is 9.78 Å². The highest BCUT2D eigenvalue weighted by Gasteiger charge is 2.30. The van der Waals surface area contributed by atoms with Gasteiger partial charge in [-0.2, -0.15) is 0 Å². The highest BCUT2D eigenvalue weighted by molar-refractivity contribution is 6.15. The number of anilines is 1. The standard InChI is InChI=1S/C24H20N2O4/c1-15-20(30-24(28)17-5-4-12-25-14-17)11-10-19-22(27)21(29-23(15)19)13-16-6-8-18(9-7-16)26(2)3/h4-14H,1-3H3/b21-13-. The zero-order valence-electron chi connectivity index (χ0n) is 16.9. The lowest BCUT2D eigenvalue weighted by Crippen LogP contribution is -2.09. The van der Waals surface area contributed by atoms with E-state index in [9.17, 15) is 9.59 Å². The Labute approximate surface area is 174 Å². The molecule has 1 aliphatic heterocycles. The third-order valence-electron chi connectivity index (χ3n) is 4.84. The normalized spacial score (nSPS) is 13.7. The second-order valence-corrected chi connectivity index (χ2v) is 7.12. The Morgan fingerprint density at radius 2 is 1.87 bits per heavy atom. The molecule has 0 saturated carbocycles. The number of nitrogens with zero attached hydrogens (tertiary/aromatic N) is 2. The van der Waals surface area contributed by atoms with Crippen LogP contribution >= 0.6 is 0 Å². The summed E-state index contributed by atoms with van der Waals surface area (Å²) < 4.78 is 11.3. The van der Waals surface area contributed by atoms with E-state index in [1.165, 1.54) is 6.20 Å². The van der Waals surface area contributed by atoms with Crippen LogP contribution in [-0.4, -0.2) is 30.8 Å². The minimum absolute atomic E-state index is 0.199. The molecule has 0 fully saturated rings. The number of benzene rings is 2. The van der Waals surface area contributed by atoms with Crippen LogP contribution in [0.5, 0.6) is 11.5 Å². The number of esters is 1. The van der Waals surface area contributed by atoms with E-state index in [-0.39, 0.29) is 11.5 Å². The van der Waals surface area contributed by atoms with E-state index >= 15 is 0 Å². The van der Waals surface area contributed by atoms with E-state index < -0.39 is 5.97 Å². The van der Waals surface area contributed by atoms with E-state index in [0.29, 0.717) is 28.2 Å². The first-order valence-corrected chi connectivity index (χ1v) is 9.41. The summed E-state index contributed by atoms with van der Waals surface area (Å²) in [6.45, 7) is 1.76. The molecule has 0 saturated heterocycles. The van der Waals surface area contributed by atoms with Crippen molar-refractivity contribution >= 4 is 23.5 Å². The maximum atomic E-state index is 12.8. The fourth-order valence-electron chi connectivity index (χ4n) is 3.14. The lowest BCUT2D eigenvalue weighted by atomic mass is 10.1. The number of fused-ring (bicyclic) bond motifs is 1. The number of allylic oxidation sites excluding steroid dienone is 1. The fourth-order valence-corrected chi connectivity index (χ4v) is 3.14. The lowest BCUT2D eigenvalue weighted by molar-refractivity contribution is 0.0732. The van der Waals surface area contributed by atoms with Gasteiger partial charge in [-0.05, 0) is 55.0 Å². The Morgan fingerprint density at radius 3 is 2.53 bits per heavy atom. The maximum Gasteiger partial charge on any atom is 0.345 e. The van der Waals surface area contributed by atoms with Crippen molar-refractivity contribution in [1.29, 1.82) is 0 Å². The Kier molecular flexibility index (Phi) is 5.06. The van der Waals surface area contributed by atoms with Gasteiger partial charge < -0.3 is 14.4 Å². The molecule has 0 aliphatic carbocycles. The van der Waals surface area contributed by atoms with E-state index in [4.69, 9.17) is 9.47 Å². The van der Waals surface area contributed by atoms with Crippen LogP contribution in [0.2, 0.25) is 0 Å². The first-order chi connectivity index (χ1) is 14.4. The van der Waals surface area contributed by atoms with Gasteiger partial charge >= 0.3 is 5.97 Å². The van der Waals surface area contributed by atoms with Crippen molar-refractivity contribution in [2.45, 2.75) is 6.92 Å². The number of ether oxygens (including phenoxy) is 2. The molecular formula is C24H20N2O4. The fraction of sp³-hybridized carbons (Fsp3) is 0.125. The van der Waals surface area contributed by atoms with Crippen LogP contribution < -0.4 is 14.4 Å². The van der Waals surface area contributed by atoms with E-state index in [2.05, 4.69) is 4.98 Å². The molecule has 4 rings (SSSR count). The SMILES string of the molecule is Cc1c(OC(=O)c2cccnc2)ccc2c1O/C(=C\c1ccc(N(C)C)cc1)C2=O. The monoisotopic (exact) mass is 400 g/mol. The molecule has 3 aromatic rings. The predicted molar refractivity (Wildman–Crippen MR) is 114 cm³/mol. The van der Waals surface area contributed by atoms with Crippen LogP contribution in [0, 0.1) is 6.92 Å². The zero-order chi connectivity index (χ0) is 21.3. The van der Waals surface area contributed by atoms with Gasteiger partial charge in [0, 0.05) is 37.7 Å². The Hall–Kier alpha value is -3.93. The number of ketones is 1. The van der Waals surface area contributed by atoms with Crippen molar-refractivity contribution < 1.29 is 19.1 Å². The molecule has 1 aliphatic rings. The predicted octanol–water partition coefficient (Wildman–Crippen LogP) is 4.29. The van der Waals surface area contributed by atoms with Gasteiger partial charge in [0.1, 0.15) is 11.5 Å². The summed E-state index contributed by atoms with van der Waals surface area (Å²) in [7, 11) is 3.93. The molecule has 1 aromatic heterocycles. The van der Waals surface area contributed by atoms with Crippen LogP contribution in [0.4, 0.5) is 5.69 Å². The smallest absolute Gasteiger partial charge is 0.345 e. The molecule has 2 aromatic carbocycles. The van der Waals surface area contributed by atoms with E-state index in [0.717, 1.165) is 11.3 Å². The summed E-state index contributed by atoms with van der Waals surface area (Å²) in [5, 5.41) is 0. The van der Waals surface area contributed by atoms with Crippen LogP contribution in [0.3, 0.4) is 0 Å². The molecule has 6 heteroatoms. The van der Waals surface area contributed by atoms with Gasteiger partial charge in [0.05, 0.1) is 11.1 Å². The Bertz CT molecular complexity index is 1150. The van der Waals surface area contributed by atoms with E-state index in [1.54, 1.807) is 43.5 Å². The molecular weight excluding hydrogens is 380 g/mol. The molecule has 2 heterocycles. The van der Waals surface area contributed by atoms with Crippen molar-refractivity contribution in [3.8, 4) is 11.5 Å². The van der Waals surface area contributed by atoms with Crippen LogP contribution in [0.25, 0.3) is 6.08 Å². The third kappa shape index (κ3) is 3.67. The van der Waals surface area contributed by atoms with Gasteiger partial charge in [0.25, 0.3) is 0 Å². The quantitative estimate of drug-likeness (QED) is 0.370. The molecule has 0 atom stereocenters. The average molecular weight is 400 g/mol. The number of carbonyl (C=O) groups is 2. The molecule has 150 valence electrons.